The van der Waals surface area contributed by atoms with E-state index in [2.05, 4.69) is 0 Å². The van der Waals surface area contributed by atoms with Crippen LogP contribution in [0.3, 0.4) is 0 Å². The van der Waals surface area contributed by atoms with E-state index in [0.29, 0.717) is 39.0 Å². The molecule has 98 valence electrons. The molecule has 0 bridgehead atoms. The number of imide groups is 1. The minimum absolute atomic E-state index is 0.0558. The molecule has 0 aromatic heterocycles. The minimum Gasteiger partial charge on any atom is -0.377 e. The van der Waals surface area contributed by atoms with Crippen LogP contribution in [0, 0.1) is 0 Å². The number of rotatable bonds is 6. The van der Waals surface area contributed by atoms with Gasteiger partial charge in [0, 0.05) is 32.5 Å². The third-order valence-electron chi connectivity index (χ3n) is 2.97. The molecule has 0 saturated carbocycles. The fraction of sp³-hybridized carbons (Fsp3) is 0.833. The minimum atomic E-state index is -0.0659. The van der Waals surface area contributed by atoms with E-state index in [4.69, 9.17) is 10.5 Å². The van der Waals surface area contributed by atoms with Crippen molar-refractivity contribution in [2.45, 2.75) is 45.1 Å². The largest absolute Gasteiger partial charge is 0.377 e. The molecule has 2 N–H and O–H groups in total. The van der Waals surface area contributed by atoms with Gasteiger partial charge in [-0.15, -0.1) is 0 Å². The lowest BCUT2D eigenvalue weighted by molar-refractivity contribution is -0.144. The number of ether oxygens (including phenoxy) is 1. The lowest BCUT2D eigenvalue weighted by Gasteiger charge is -2.22. The molecule has 5 heteroatoms. The van der Waals surface area contributed by atoms with Gasteiger partial charge < -0.3 is 10.5 Å². The molecule has 0 aromatic rings. The number of nitrogens with two attached hydrogens (primary N) is 1. The van der Waals surface area contributed by atoms with Gasteiger partial charge in [0.05, 0.1) is 6.10 Å². The normalized spacial score (nSPS) is 19.3. The maximum Gasteiger partial charge on any atom is 0.229 e. The molecule has 2 amide bonds. The Morgan fingerprint density at radius 3 is 2.35 bits per heavy atom. The number of amides is 2. The Kier molecular flexibility index (Phi) is 6.15. The summed E-state index contributed by atoms with van der Waals surface area (Å²) >= 11 is 0. The maximum absolute atomic E-state index is 11.7. The average molecular weight is 242 g/mol. The van der Waals surface area contributed by atoms with Gasteiger partial charge in [0.25, 0.3) is 0 Å². The smallest absolute Gasteiger partial charge is 0.229 e. The van der Waals surface area contributed by atoms with E-state index in [1.54, 1.807) is 0 Å². The van der Waals surface area contributed by atoms with Gasteiger partial charge in [0.2, 0.25) is 11.8 Å². The van der Waals surface area contributed by atoms with Crippen LogP contribution in [0.2, 0.25) is 0 Å². The molecule has 1 fully saturated rings. The van der Waals surface area contributed by atoms with E-state index < -0.39 is 0 Å². The highest BCUT2D eigenvalue weighted by molar-refractivity contribution is 5.95. The van der Waals surface area contributed by atoms with E-state index in [9.17, 15) is 9.59 Å². The average Bonchev–Trinajstić information content (AvgIpc) is 2.47. The molecular weight excluding hydrogens is 220 g/mol. The molecule has 1 atom stereocenters. The first-order valence-electron chi connectivity index (χ1n) is 6.34. The summed E-state index contributed by atoms with van der Waals surface area (Å²) in [7, 11) is 0. The maximum atomic E-state index is 11.7. The molecule has 1 unspecified atom stereocenters. The second kappa shape index (κ2) is 7.40. The zero-order chi connectivity index (χ0) is 12.7. The number of nitrogens with zero attached hydrogens (tertiary/aromatic N) is 1. The van der Waals surface area contributed by atoms with E-state index in [1.165, 1.54) is 4.90 Å². The molecule has 0 aliphatic carbocycles. The van der Waals surface area contributed by atoms with Crippen LogP contribution in [0.1, 0.15) is 39.0 Å². The van der Waals surface area contributed by atoms with Crippen molar-refractivity contribution in [3.05, 3.63) is 0 Å². The third-order valence-corrected chi connectivity index (χ3v) is 2.97. The van der Waals surface area contributed by atoms with Gasteiger partial charge in [-0.3, -0.25) is 14.5 Å². The van der Waals surface area contributed by atoms with E-state index in [-0.39, 0.29) is 17.9 Å². The Hall–Kier alpha value is -0.940. The zero-order valence-corrected chi connectivity index (χ0v) is 10.5. The predicted molar refractivity (Wildman–Crippen MR) is 64.3 cm³/mol. The van der Waals surface area contributed by atoms with Gasteiger partial charge in [-0.25, -0.2) is 0 Å². The number of hydrogen-bond donors (Lipinski definition) is 1. The van der Waals surface area contributed by atoms with Gasteiger partial charge in [-0.2, -0.15) is 0 Å². The van der Waals surface area contributed by atoms with Crippen LogP contribution in [-0.4, -0.2) is 42.5 Å². The second-order valence-corrected chi connectivity index (χ2v) is 4.25. The first-order chi connectivity index (χ1) is 8.19. The Labute approximate surface area is 102 Å². The highest BCUT2D eigenvalue weighted by Crippen LogP contribution is 2.13. The molecule has 1 aliphatic heterocycles. The zero-order valence-electron chi connectivity index (χ0n) is 10.5. The summed E-state index contributed by atoms with van der Waals surface area (Å²) in [6, 6.07) is 0. The Balaban J connectivity index is 2.46. The van der Waals surface area contributed by atoms with Crippen molar-refractivity contribution in [1.29, 1.82) is 0 Å². The van der Waals surface area contributed by atoms with Crippen LogP contribution in [0.25, 0.3) is 0 Å². The lowest BCUT2D eigenvalue weighted by Crippen LogP contribution is -2.38. The molecule has 5 nitrogen and oxygen atoms in total. The van der Waals surface area contributed by atoms with Crippen molar-refractivity contribution < 1.29 is 14.3 Å². The summed E-state index contributed by atoms with van der Waals surface area (Å²) < 4.78 is 5.41. The van der Waals surface area contributed by atoms with Gasteiger partial charge in [0.1, 0.15) is 0 Å². The standard InChI is InChI=1S/C12H22N2O3/c1-2-17-10(9-13)7-8-14-11(15)5-3-4-6-12(14)16/h10H,2-9,13H2,1H3. The number of hydrogen-bond acceptors (Lipinski definition) is 4. The monoisotopic (exact) mass is 242 g/mol. The van der Waals surface area contributed by atoms with Crippen molar-refractivity contribution in [2.24, 2.45) is 5.73 Å². The van der Waals surface area contributed by atoms with Crippen molar-refractivity contribution in [2.75, 3.05) is 19.7 Å². The number of likely N-dealkylation sites (tertiary alicyclic amines) is 1. The van der Waals surface area contributed by atoms with Gasteiger partial charge in [-0.05, 0) is 26.2 Å². The highest BCUT2D eigenvalue weighted by Gasteiger charge is 2.24. The topological polar surface area (TPSA) is 72.6 Å². The molecule has 0 spiro atoms. The van der Waals surface area contributed by atoms with Crippen LogP contribution in [0.5, 0.6) is 0 Å². The van der Waals surface area contributed by atoms with Crippen LogP contribution >= 0.6 is 0 Å². The first-order valence-corrected chi connectivity index (χ1v) is 6.34. The lowest BCUT2D eigenvalue weighted by atomic mass is 10.2. The summed E-state index contributed by atoms with van der Waals surface area (Å²) in [5, 5.41) is 0. The van der Waals surface area contributed by atoms with Gasteiger partial charge >= 0.3 is 0 Å². The molecule has 1 aliphatic rings. The molecule has 0 radical (unpaired) electrons. The molecule has 1 saturated heterocycles. The van der Waals surface area contributed by atoms with Crippen LogP contribution in [-0.2, 0) is 14.3 Å². The van der Waals surface area contributed by atoms with E-state index in [0.717, 1.165) is 12.8 Å². The molecule has 0 aromatic carbocycles. The quantitative estimate of drug-likeness (QED) is 0.695. The number of carbonyl (C=O) groups is 2. The van der Waals surface area contributed by atoms with Gasteiger partial charge in [-0.1, -0.05) is 0 Å². The summed E-state index contributed by atoms with van der Waals surface area (Å²) in [4.78, 5) is 24.8. The first kappa shape index (κ1) is 14.1. The summed E-state index contributed by atoms with van der Waals surface area (Å²) in [6.07, 6.45) is 3.15. The molecule has 17 heavy (non-hydrogen) atoms. The molecule has 1 rings (SSSR count). The van der Waals surface area contributed by atoms with Crippen molar-refractivity contribution in [1.82, 2.24) is 4.90 Å². The summed E-state index contributed by atoms with van der Waals surface area (Å²) in [5.41, 5.74) is 5.56. The summed E-state index contributed by atoms with van der Waals surface area (Å²) in [6.45, 7) is 3.36. The number of carbonyl (C=O) groups excluding carboxylic acids is 2. The van der Waals surface area contributed by atoms with Gasteiger partial charge in [0.15, 0.2) is 0 Å². The highest BCUT2D eigenvalue weighted by atomic mass is 16.5. The van der Waals surface area contributed by atoms with Crippen molar-refractivity contribution in [3.63, 3.8) is 0 Å². The SMILES string of the molecule is CCOC(CN)CCN1C(=O)CCCCC1=O. The van der Waals surface area contributed by atoms with Crippen LogP contribution in [0.15, 0.2) is 0 Å². The second-order valence-electron chi connectivity index (χ2n) is 4.25. The van der Waals surface area contributed by atoms with Crippen LogP contribution in [0.4, 0.5) is 0 Å². The van der Waals surface area contributed by atoms with Crippen molar-refractivity contribution >= 4 is 11.8 Å². The fourth-order valence-electron chi connectivity index (χ4n) is 1.99. The Bertz CT molecular complexity index is 250. The third kappa shape index (κ3) is 4.44. The van der Waals surface area contributed by atoms with Crippen LogP contribution < -0.4 is 5.73 Å². The van der Waals surface area contributed by atoms with E-state index in [1.807, 2.05) is 6.92 Å². The molecule has 1 heterocycles. The Morgan fingerprint density at radius 1 is 1.29 bits per heavy atom. The Morgan fingerprint density at radius 2 is 1.88 bits per heavy atom. The molecular formula is C12H22N2O3. The summed E-state index contributed by atoms with van der Waals surface area (Å²) in [5.74, 6) is -0.112. The fourth-order valence-corrected chi connectivity index (χ4v) is 1.99. The van der Waals surface area contributed by atoms with E-state index >= 15 is 0 Å². The van der Waals surface area contributed by atoms with Crippen molar-refractivity contribution in [3.8, 4) is 0 Å². The predicted octanol–water partition coefficient (Wildman–Crippen LogP) is 0.669.